The van der Waals surface area contributed by atoms with Crippen molar-refractivity contribution in [2.24, 2.45) is 0 Å². The molecule has 0 unspecified atom stereocenters. The Balaban J connectivity index is 2.22. The van der Waals surface area contributed by atoms with Crippen LogP contribution in [-0.4, -0.2) is 20.3 Å². The van der Waals surface area contributed by atoms with Crippen LogP contribution in [0.1, 0.15) is 0 Å². The van der Waals surface area contributed by atoms with E-state index in [-0.39, 0.29) is 5.65 Å². The summed E-state index contributed by atoms with van der Waals surface area (Å²) in [6.07, 6.45) is 1.55. The van der Waals surface area contributed by atoms with Crippen LogP contribution in [0.2, 0.25) is 0 Å². The van der Waals surface area contributed by atoms with Crippen molar-refractivity contribution in [3.8, 4) is 11.4 Å². The van der Waals surface area contributed by atoms with Crippen LogP contribution in [-0.2, 0) is 0 Å². The molecule has 0 bridgehead atoms. The molecule has 0 saturated carbocycles. The Bertz CT molecular complexity index is 634. The summed E-state index contributed by atoms with van der Waals surface area (Å²) >= 11 is 0. The number of hydrogen-bond acceptors (Lipinski definition) is 4. The maximum atomic E-state index is 11.2. The molecule has 2 heterocycles. The summed E-state index contributed by atoms with van der Waals surface area (Å²) in [7, 11) is 0. The molecule has 0 aliphatic heterocycles. The SMILES string of the molecule is [O-][n+]1n[nH]c2cnc(-c3ccccc3)nc21. The average Bonchev–Trinajstić information content (AvgIpc) is 2.72. The van der Waals surface area contributed by atoms with Crippen molar-refractivity contribution in [1.29, 1.82) is 0 Å². The fourth-order valence-corrected chi connectivity index (χ4v) is 1.47. The minimum absolute atomic E-state index is 0.244. The zero-order valence-corrected chi connectivity index (χ0v) is 8.16. The van der Waals surface area contributed by atoms with E-state index < -0.39 is 0 Å². The van der Waals surface area contributed by atoms with Gasteiger partial charge in [-0.05, 0) is 12.1 Å². The number of rotatable bonds is 1. The van der Waals surface area contributed by atoms with Crippen molar-refractivity contribution in [1.82, 2.24) is 20.3 Å². The summed E-state index contributed by atoms with van der Waals surface area (Å²) < 4.78 is 0. The Morgan fingerprint density at radius 2 is 2.00 bits per heavy atom. The van der Waals surface area contributed by atoms with E-state index in [4.69, 9.17) is 0 Å². The number of H-pyrrole nitrogens is 1. The van der Waals surface area contributed by atoms with Gasteiger partial charge in [-0.1, -0.05) is 23.2 Å². The van der Waals surface area contributed by atoms with Gasteiger partial charge in [0.25, 0.3) is 0 Å². The maximum Gasteiger partial charge on any atom is 0.327 e. The van der Waals surface area contributed by atoms with Crippen LogP contribution >= 0.6 is 0 Å². The van der Waals surface area contributed by atoms with Crippen molar-refractivity contribution in [2.45, 2.75) is 0 Å². The Labute approximate surface area is 90.2 Å². The zero-order valence-electron chi connectivity index (χ0n) is 8.16. The summed E-state index contributed by atoms with van der Waals surface area (Å²) in [6, 6.07) is 9.47. The molecule has 0 fully saturated rings. The summed E-state index contributed by atoms with van der Waals surface area (Å²) in [5.74, 6) is 0.513. The fourth-order valence-electron chi connectivity index (χ4n) is 1.47. The highest BCUT2D eigenvalue weighted by molar-refractivity contribution is 5.68. The first-order valence-corrected chi connectivity index (χ1v) is 4.71. The van der Waals surface area contributed by atoms with E-state index in [2.05, 4.69) is 20.3 Å². The second-order valence-electron chi connectivity index (χ2n) is 3.28. The van der Waals surface area contributed by atoms with Crippen LogP contribution in [0.4, 0.5) is 0 Å². The van der Waals surface area contributed by atoms with E-state index in [0.29, 0.717) is 16.2 Å². The molecule has 0 aliphatic carbocycles. The van der Waals surface area contributed by atoms with Crippen LogP contribution in [0.25, 0.3) is 22.6 Å². The van der Waals surface area contributed by atoms with E-state index in [1.165, 1.54) is 0 Å². The van der Waals surface area contributed by atoms with Crippen LogP contribution < -0.4 is 4.85 Å². The standard InChI is InChI=1S/C10H7N5O/c16-15-10-8(13-14-15)6-11-9(12-10)7-4-2-1-3-5-7/h1-6,13H. The topological polar surface area (TPSA) is 81.4 Å². The molecule has 1 aromatic carbocycles. The Morgan fingerprint density at radius 3 is 2.81 bits per heavy atom. The molecule has 78 valence electrons. The zero-order chi connectivity index (χ0) is 11.0. The molecular formula is C10H7N5O. The van der Waals surface area contributed by atoms with Gasteiger partial charge >= 0.3 is 5.65 Å². The van der Waals surface area contributed by atoms with E-state index in [1.807, 2.05) is 30.3 Å². The normalized spacial score (nSPS) is 10.8. The molecule has 16 heavy (non-hydrogen) atoms. The maximum absolute atomic E-state index is 11.2. The van der Waals surface area contributed by atoms with Crippen molar-refractivity contribution in [3.63, 3.8) is 0 Å². The van der Waals surface area contributed by atoms with Gasteiger partial charge in [0.05, 0.1) is 6.20 Å². The third kappa shape index (κ3) is 1.28. The second kappa shape index (κ2) is 3.27. The van der Waals surface area contributed by atoms with Gasteiger partial charge in [-0.2, -0.15) is 5.10 Å². The Kier molecular flexibility index (Phi) is 1.79. The van der Waals surface area contributed by atoms with Crippen LogP contribution in [0, 0.1) is 5.21 Å². The first kappa shape index (κ1) is 8.78. The highest BCUT2D eigenvalue weighted by atomic mass is 16.5. The van der Waals surface area contributed by atoms with Crippen molar-refractivity contribution < 1.29 is 4.85 Å². The summed E-state index contributed by atoms with van der Waals surface area (Å²) in [5, 5.41) is 17.3. The van der Waals surface area contributed by atoms with E-state index in [1.54, 1.807) is 6.20 Å². The summed E-state index contributed by atoms with van der Waals surface area (Å²) in [4.78, 5) is 8.75. The molecule has 6 nitrogen and oxygen atoms in total. The number of benzene rings is 1. The molecule has 0 atom stereocenters. The molecule has 0 amide bonds. The molecule has 0 radical (unpaired) electrons. The minimum atomic E-state index is 0.244. The van der Waals surface area contributed by atoms with Crippen LogP contribution in [0.15, 0.2) is 36.5 Å². The number of hydrogen-bond donors (Lipinski definition) is 1. The highest BCUT2D eigenvalue weighted by Crippen LogP contribution is 2.14. The Hall–Kier alpha value is -2.50. The van der Waals surface area contributed by atoms with E-state index in [9.17, 15) is 5.21 Å². The molecule has 6 heteroatoms. The smallest absolute Gasteiger partial charge is 0.327 e. The number of aromatic amines is 1. The van der Waals surface area contributed by atoms with Gasteiger partial charge in [-0.3, -0.25) is 0 Å². The molecule has 1 N–H and O–H groups in total. The lowest BCUT2D eigenvalue weighted by Crippen LogP contribution is -2.29. The van der Waals surface area contributed by atoms with Gasteiger partial charge in [0.15, 0.2) is 0 Å². The van der Waals surface area contributed by atoms with Gasteiger partial charge in [0.1, 0.15) is 0 Å². The number of fused-ring (bicyclic) bond motifs is 1. The molecule has 2 aromatic heterocycles. The van der Waals surface area contributed by atoms with Gasteiger partial charge in [-0.25, -0.2) is 4.98 Å². The van der Waals surface area contributed by atoms with Gasteiger partial charge in [0.2, 0.25) is 11.3 Å². The lowest BCUT2D eigenvalue weighted by molar-refractivity contribution is -0.645. The van der Waals surface area contributed by atoms with Crippen molar-refractivity contribution in [2.75, 3.05) is 0 Å². The van der Waals surface area contributed by atoms with E-state index in [0.717, 1.165) is 5.56 Å². The first-order valence-electron chi connectivity index (χ1n) is 4.71. The fraction of sp³-hybridized carbons (Fsp3) is 0. The first-order chi connectivity index (χ1) is 7.84. The van der Waals surface area contributed by atoms with Crippen LogP contribution in [0.5, 0.6) is 0 Å². The average molecular weight is 213 g/mol. The monoisotopic (exact) mass is 213 g/mol. The summed E-state index contributed by atoms with van der Waals surface area (Å²) in [6.45, 7) is 0. The van der Waals surface area contributed by atoms with Gasteiger partial charge in [-0.15, -0.1) is 4.85 Å². The molecule has 3 rings (SSSR count). The van der Waals surface area contributed by atoms with E-state index >= 15 is 0 Å². The Morgan fingerprint density at radius 1 is 1.19 bits per heavy atom. The molecule has 0 spiro atoms. The molecular weight excluding hydrogens is 206 g/mol. The largest absolute Gasteiger partial charge is 0.721 e. The highest BCUT2D eigenvalue weighted by Gasteiger charge is 2.12. The third-order valence-corrected chi connectivity index (χ3v) is 2.24. The molecule has 3 aromatic rings. The number of nitrogens with one attached hydrogen (secondary N) is 1. The lowest BCUT2D eigenvalue weighted by atomic mass is 10.2. The quantitative estimate of drug-likeness (QED) is 0.475. The minimum Gasteiger partial charge on any atom is -0.721 e. The predicted octanol–water partition coefficient (Wildman–Crippen LogP) is 0.653. The molecule has 0 aliphatic rings. The van der Waals surface area contributed by atoms with Crippen molar-refractivity contribution >= 4 is 11.2 Å². The lowest BCUT2D eigenvalue weighted by Gasteiger charge is -1.96. The number of aromatic nitrogens is 5. The third-order valence-electron chi connectivity index (χ3n) is 2.24. The van der Waals surface area contributed by atoms with Gasteiger partial charge in [0, 0.05) is 10.8 Å². The van der Waals surface area contributed by atoms with Gasteiger partial charge < -0.3 is 5.21 Å². The van der Waals surface area contributed by atoms with Crippen molar-refractivity contribution in [3.05, 3.63) is 41.7 Å². The molecule has 0 saturated heterocycles. The summed E-state index contributed by atoms with van der Waals surface area (Å²) in [5.41, 5.74) is 1.63. The number of nitrogens with zero attached hydrogens (tertiary/aromatic N) is 4. The predicted molar refractivity (Wildman–Crippen MR) is 56.1 cm³/mol. The van der Waals surface area contributed by atoms with Crippen LogP contribution in [0.3, 0.4) is 0 Å². The second-order valence-corrected chi connectivity index (χ2v) is 3.28.